The van der Waals surface area contributed by atoms with Gasteiger partial charge in [0.25, 0.3) is 0 Å². The van der Waals surface area contributed by atoms with Gasteiger partial charge < -0.3 is 10.6 Å². The fourth-order valence-corrected chi connectivity index (χ4v) is 2.58. The van der Waals surface area contributed by atoms with Gasteiger partial charge in [-0.15, -0.1) is 0 Å². The summed E-state index contributed by atoms with van der Waals surface area (Å²) in [5.41, 5.74) is 4.41. The van der Waals surface area contributed by atoms with Gasteiger partial charge in [-0.25, -0.2) is 4.98 Å². The van der Waals surface area contributed by atoms with Gasteiger partial charge in [-0.05, 0) is 44.0 Å². The maximum absolute atomic E-state index is 4.66. The Morgan fingerprint density at radius 3 is 2.61 bits per heavy atom. The summed E-state index contributed by atoms with van der Waals surface area (Å²) < 4.78 is 0. The summed E-state index contributed by atoms with van der Waals surface area (Å²) in [6, 6.07) is 14.4. The Morgan fingerprint density at radius 2 is 1.83 bits per heavy atom. The van der Waals surface area contributed by atoms with E-state index in [1.807, 2.05) is 24.3 Å². The van der Waals surface area contributed by atoms with E-state index in [1.165, 1.54) is 11.1 Å². The van der Waals surface area contributed by atoms with Crippen LogP contribution in [0.2, 0.25) is 0 Å². The molecule has 0 aliphatic rings. The number of aryl methyl sites for hydroxylation is 2. The third kappa shape index (κ3) is 3.42. The van der Waals surface area contributed by atoms with Crippen LogP contribution in [0.15, 0.2) is 42.5 Å². The minimum Gasteiger partial charge on any atom is -0.369 e. The van der Waals surface area contributed by atoms with Crippen LogP contribution < -0.4 is 10.6 Å². The quantitative estimate of drug-likeness (QED) is 0.710. The largest absolute Gasteiger partial charge is 0.369 e. The molecule has 0 bridgehead atoms. The van der Waals surface area contributed by atoms with Gasteiger partial charge >= 0.3 is 0 Å². The van der Waals surface area contributed by atoms with E-state index in [-0.39, 0.29) is 0 Å². The standard InChI is InChI=1S/C19H22N4/c1-4-11-20-18-15-7-5-6-8-17(15)22-19(23-18)21-16-10-9-13(2)12-14(16)3/h5-10,12H,4,11H2,1-3H3,(H2,20,21,22,23). The molecular weight excluding hydrogens is 284 g/mol. The van der Waals surface area contributed by atoms with Crippen LogP contribution in [0.5, 0.6) is 0 Å². The summed E-state index contributed by atoms with van der Waals surface area (Å²) >= 11 is 0. The molecule has 0 aliphatic heterocycles. The van der Waals surface area contributed by atoms with Crippen molar-refractivity contribution in [3.8, 4) is 0 Å². The molecule has 0 aliphatic carbocycles. The van der Waals surface area contributed by atoms with Gasteiger partial charge in [-0.3, -0.25) is 0 Å². The molecule has 2 aromatic carbocycles. The van der Waals surface area contributed by atoms with Crippen LogP contribution in [0.4, 0.5) is 17.5 Å². The summed E-state index contributed by atoms with van der Waals surface area (Å²) in [5, 5.41) is 7.79. The minimum atomic E-state index is 0.620. The van der Waals surface area contributed by atoms with Gasteiger partial charge in [0, 0.05) is 17.6 Å². The van der Waals surface area contributed by atoms with Crippen molar-refractivity contribution in [2.24, 2.45) is 0 Å². The third-order valence-corrected chi connectivity index (χ3v) is 3.77. The number of para-hydroxylation sites is 1. The zero-order valence-electron chi connectivity index (χ0n) is 13.9. The SMILES string of the molecule is CCCNc1nc(Nc2ccc(C)cc2C)nc2ccccc12. The first kappa shape index (κ1) is 15.3. The second-order valence-corrected chi connectivity index (χ2v) is 5.78. The van der Waals surface area contributed by atoms with Gasteiger partial charge in [0.2, 0.25) is 5.95 Å². The number of fused-ring (bicyclic) bond motifs is 1. The van der Waals surface area contributed by atoms with Crippen LogP contribution in [0.25, 0.3) is 10.9 Å². The van der Waals surface area contributed by atoms with E-state index in [9.17, 15) is 0 Å². The fraction of sp³-hybridized carbons (Fsp3) is 0.263. The van der Waals surface area contributed by atoms with E-state index in [0.717, 1.165) is 35.4 Å². The van der Waals surface area contributed by atoms with Gasteiger partial charge in [0.15, 0.2) is 0 Å². The first-order valence-corrected chi connectivity index (χ1v) is 8.02. The van der Waals surface area contributed by atoms with E-state index < -0.39 is 0 Å². The van der Waals surface area contributed by atoms with Crippen LogP contribution in [0, 0.1) is 13.8 Å². The summed E-state index contributed by atoms with van der Waals surface area (Å²) in [4.78, 5) is 9.30. The minimum absolute atomic E-state index is 0.620. The highest BCUT2D eigenvalue weighted by Crippen LogP contribution is 2.25. The lowest BCUT2D eigenvalue weighted by molar-refractivity contribution is 0.970. The van der Waals surface area contributed by atoms with Crippen molar-refractivity contribution >= 4 is 28.4 Å². The van der Waals surface area contributed by atoms with Crippen molar-refractivity contribution in [3.05, 3.63) is 53.6 Å². The lowest BCUT2D eigenvalue weighted by atomic mass is 10.1. The average Bonchev–Trinajstić information content (AvgIpc) is 2.55. The van der Waals surface area contributed by atoms with E-state index >= 15 is 0 Å². The smallest absolute Gasteiger partial charge is 0.229 e. The molecule has 1 heterocycles. The molecule has 0 spiro atoms. The van der Waals surface area contributed by atoms with Crippen molar-refractivity contribution in [1.82, 2.24) is 9.97 Å². The molecule has 118 valence electrons. The first-order chi connectivity index (χ1) is 11.2. The summed E-state index contributed by atoms with van der Waals surface area (Å²) in [7, 11) is 0. The van der Waals surface area contributed by atoms with Crippen LogP contribution in [0.3, 0.4) is 0 Å². The molecule has 0 atom stereocenters. The maximum atomic E-state index is 4.66. The average molecular weight is 306 g/mol. The van der Waals surface area contributed by atoms with Crippen LogP contribution in [-0.2, 0) is 0 Å². The zero-order valence-corrected chi connectivity index (χ0v) is 13.9. The molecular formula is C19H22N4. The Bertz CT molecular complexity index is 827. The molecule has 1 aromatic heterocycles. The van der Waals surface area contributed by atoms with Crippen LogP contribution in [-0.4, -0.2) is 16.5 Å². The highest BCUT2D eigenvalue weighted by atomic mass is 15.1. The number of anilines is 3. The molecule has 23 heavy (non-hydrogen) atoms. The van der Waals surface area contributed by atoms with Crippen LogP contribution >= 0.6 is 0 Å². The Hall–Kier alpha value is -2.62. The maximum Gasteiger partial charge on any atom is 0.229 e. The Labute approximate surface area is 137 Å². The van der Waals surface area contributed by atoms with Gasteiger partial charge in [0.05, 0.1) is 5.52 Å². The molecule has 0 amide bonds. The number of benzene rings is 2. The number of nitrogens with one attached hydrogen (secondary N) is 2. The van der Waals surface area contributed by atoms with E-state index in [2.05, 4.69) is 59.6 Å². The molecule has 3 aromatic rings. The van der Waals surface area contributed by atoms with Crippen molar-refractivity contribution < 1.29 is 0 Å². The molecule has 4 nitrogen and oxygen atoms in total. The van der Waals surface area contributed by atoms with Crippen molar-refractivity contribution in [2.45, 2.75) is 27.2 Å². The Morgan fingerprint density at radius 1 is 1.00 bits per heavy atom. The topological polar surface area (TPSA) is 49.8 Å². The molecule has 0 fully saturated rings. The number of aromatic nitrogens is 2. The molecule has 0 unspecified atom stereocenters. The lowest BCUT2D eigenvalue weighted by Gasteiger charge is -2.13. The number of rotatable bonds is 5. The normalized spacial score (nSPS) is 10.7. The highest BCUT2D eigenvalue weighted by Gasteiger charge is 2.08. The van der Waals surface area contributed by atoms with E-state index in [0.29, 0.717) is 5.95 Å². The predicted octanol–water partition coefficient (Wildman–Crippen LogP) is 4.81. The van der Waals surface area contributed by atoms with Gasteiger partial charge in [0.1, 0.15) is 5.82 Å². The van der Waals surface area contributed by atoms with E-state index in [4.69, 9.17) is 0 Å². The van der Waals surface area contributed by atoms with Crippen molar-refractivity contribution in [1.29, 1.82) is 0 Å². The molecule has 4 heteroatoms. The fourth-order valence-electron chi connectivity index (χ4n) is 2.58. The third-order valence-electron chi connectivity index (χ3n) is 3.77. The summed E-state index contributed by atoms with van der Waals surface area (Å²) in [5.74, 6) is 1.50. The van der Waals surface area contributed by atoms with Crippen LogP contribution in [0.1, 0.15) is 24.5 Å². The second kappa shape index (κ2) is 6.65. The molecule has 0 saturated carbocycles. The van der Waals surface area contributed by atoms with Crippen molar-refractivity contribution in [3.63, 3.8) is 0 Å². The summed E-state index contributed by atoms with van der Waals surface area (Å²) in [6.07, 6.45) is 1.05. The number of nitrogens with zero attached hydrogens (tertiary/aromatic N) is 2. The van der Waals surface area contributed by atoms with Gasteiger partial charge in [-0.1, -0.05) is 36.8 Å². The molecule has 0 saturated heterocycles. The number of hydrogen-bond acceptors (Lipinski definition) is 4. The Kier molecular flexibility index (Phi) is 4.42. The zero-order chi connectivity index (χ0) is 16.2. The second-order valence-electron chi connectivity index (χ2n) is 5.78. The lowest BCUT2D eigenvalue weighted by Crippen LogP contribution is -2.06. The summed E-state index contributed by atoms with van der Waals surface area (Å²) in [6.45, 7) is 7.22. The van der Waals surface area contributed by atoms with E-state index in [1.54, 1.807) is 0 Å². The monoisotopic (exact) mass is 306 g/mol. The first-order valence-electron chi connectivity index (χ1n) is 8.02. The molecule has 2 N–H and O–H groups in total. The number of hydrogen-bond donors (Lipinski definition) is 2. The highest BCUT2D eigenvalue weighted by molar-refractivity contribution is 5.90. The molecule has 3 rings (SSSR count). The molecule has 0 radical (unpaired) electrons. The van der Waals surface area contributed by atoms with Gasteiger partial charge in [-0.2, -0.15) is 4.98 Å². The Balaban J connectivity index is 2.00. The van der Waals surface area contributed by atoms with Crippen molar-refractivity contribution in [2.75, 3.05) is 17.2 Å². The predicted molar refractivity (Wildman–Crippen MR) is 97.5 cm³/mol.